The first-order chi connectivity index (χ1) is 9.58. The van der Waals surface area contributed by atoms with Crippen LogP contribution in [0.4, 0.5) is 0 Å². The summed E-state index contributed by atoms with van der Waals surface area (Å²) < 4.78 is 11.6. The molecule has 0 aliphatic rings. The summed E-state index contributed by atoms with van der Waals surface area (Å²) in [5.74, 6) is 1.63. The van der Waals surface area contributed by atoms with Crippen molar-refractivity contribution in [2.24, 2.45) is 5.73 Å². The van der Waals surface area contributed by atoms with Crippen LogP contribution in [0.5, 0.6) is 11.5 Å². The molecule has 1 rings (SSSR count). The van der Waals surface area contributed by atoms with Gasteiger partial charge in [0, 0.05) is 12.5 Å². The summed E-state index contributed by atoms with van der Waals surface area (Å²) in [5.41, 5.74) is 8.30. The lowest BCUT2D eigenvalue weighted by Gasteiger charge is -2.18. The average Bonchev–Trinajstić information content (AvgIpc) is 2.41. The summed E-state index contributed by atoms with van der Waals surface area (Å²) in [5, 5.41) is 0. The van der Waals surface area contributed by atoms with Crippen LogP contribution in [0.25, 0.3) is 0 Å². The van der Waals surface area contributed by atoms with Gasteiger partial charge in [-0.25, -0.2) is 0 Å². The topological polar surface area (TPSA) is 44.5 Å². The third-order valence-electron chi connectivity index (χ3n) is 3.14. The van der Waals surface area contributed by atoms with Gasteiger partial charge in [0.15, 0.2) is 11.5 Å². The van der Waals surface area contributed by atoms with Gasteiger partial charge in [0.1, 0.15) is 0 Å². The summed E-state index contributed by atoms with van der Waals surface area (Å²) in [6.45, 7) is 11.2. The standard InChI is InChI=1S/C17H27NO2/c1-5-15(18)12-14-8-7-9-16(19-6-2)17(14)20-11-10-13(3)4/h7-9,15H,3,5-6,10-12,18H2,1-2,4H3. The van der Waals surface area contributed by atoms with Crippen LogP contribution in [-0.2, 0) is 6.42 Å². The Bertz CT molecular complexity index is 429. The predicted octanol–water partition coefficient (Wildman–Crippen LogP) is 3.71. The number of para-hydroxylation sites is 1. The zero-order chi connectivity index (χ0) is 15.0. The zero-order valence-electron chi connectivity index (χ0n) is 12.9. The molecule has 0 spiro atoms. The Morgan fingerprint density at radius 3 is 2.65 bits per heavy atom. The van der Waals surface area contributed by atoms with E-state index in [0.29, 0.717) is 13.2 Å². The van der Waals surface area contributed by atoms with Crippen LogP contribution in [0.1, 0.15) is 39.2 Å². The number of benzene rings is 1. The maximum atomic E-state index is 6.06. The maximum absolute atomic E-state index is 6.06. The summed E-state index contributed by atoms with van der Waals surface area (Å²) in [6, 6.07) is 6.15. The zero-order valence-corrected chi connectivity index (χ0v) is 12.9. The van der Waals surface area contributed by atoms with E-state index < -0.39 is 0 Å². The molecule has 0 aromatic heterocycles. The molecule has 1 atom stereocenters. The van der Waals surface area contributed by atoms with E-state index in [1.165, 1.54) is 0 Å². The van der Waals surface area contributed by atoms with Crippen LogP contribution in [0.2, 0.25) is 0 Å². The van der Waals surface area contributed by atoms with Gasteiger partial charge in [0.25, 0.3) is 0 Å². The number of hydrogen-bond acceptors (Lipinski definition) is 3. The maximum Gasteiger partial charge on any atom is 0.164 e. The first kappa shape index (κ1) is 16.6. The van der Waals surface area contributed by atoms with Gasteiger partial charge >= 0.3 is 0 Å². The number of rotatable bonds is 9. The molecule has 3 heteroatoms. The Morgan fingerprint density at radius 2 is 2.05 bits per heavy atom. The van der Waals surface area contributed by atoms with Crippen molar-refractivity contribution in [3.8, 4) is 11.5 Å². The molecule has 0 bridgehead atoms. The van der Waals surface area contributed by atoms with Crippen LogP contribution in [-0.4, -0.2) is 19.3 Å². The molecule has 0 heterocycles. The predicted molar refractivity (Wildman–Crippen MR) is 84.5 cm³/mol. The highest BCUT2D eigenvalue weighted by atomic mass is 16.5. The van der Waals surface area contributed by atoms with Gasteiger partial charge < -0.3 is 15.2 Å². The molecule has 0 radical (unpaired) electrons. The van der Waals surface area contributed by atoms with Gasteiger partial charge in [0.05, 0.1) is 13.2 Å². The molecular formula is C17H27NO2. The summed E-state index contributed by atoms with van der Waals surface area (Å²) in [7, 11) is 0. The van der Waals surface area contributed by atoms with Crippen LogP contribution in [0, 0.1) is 0 Å². The van der Waals surface area contributed by atoms with Crippen molar-refractivity contribution in [1.82, 2.24) is 0 Å². The lowest BCUT2D eigenvalue weighted by Crippen LogP contribution is -2.22. The molecule has 112 valence electrons. The highest BCUT2D eigenvalue weighted by Gasteiger charge is 2.13. The largest absolute Gasteiger partial charge is 0.490 e. The number of ether oxygens (including phenoxy) is 2. The fourth-order valence-corrected chi connectivity index (χ4v) is 1.91. The summed E-state index contributed by atoms with van der Waals surface area (Å²) in [6.07, 6.45) is 2.60. The Kier molecular flexibility index (Phi) is 7.16. The van der Waals surface area contributed by atoms with Crippen molar-refractivity contribution < 1.29 is 9.47 Å². The SMILES string of the molecule is C=C(C)CCOc1c(CC(N)CC)cccc1OCC. The molecule has 0 fully saturated rings. The van der Waals surface area contributed by atoms with Crippen LogP contribution >= 0.6 is 0 Å². The first-order valence-corrected chi connectivity index (χ1v) is 7.35. The molecule has 0 saturated heterocycles. The molecule has 20 heavy (non-hydrogen) atoms. The minimum absolute atomic E-state index is 0.148. The van der Waals surface area contributed by atoms with Crippen molar-refractivity contribution in [3.63, 3.8) is 0 Å². The Labute approximate surface area is 122 Å². The molecule has 1 aromatic carbocycles. The monoisotopic (exact) mass is 277 g/mol. The quantitative estimate of drug-likeness (QED) is 0.700. The molecule has 2 N–H and O–H groups in total. The summed E-state index contributed by atoms with van der Waals surface area (Å²) >= 11 is 0. The Balaban J connectivity index is 2.90. The fraction of sp³-hybridized carbons (Fsp3) is 0.529. The van der Waals surface area contributed by atoms with Gasteiger partial charge in [-0.2, -0.15) is 0 Å². The highest BCUT2D eigenvalue weighted by Crippen LogP contribution is 2.32. The van der Waals surface area contributed by atoms with Gasteiger partial charge in [-0.05, 0) is 38.3 Å². The van der Waals surface area contributed by atoms with Crippen molar-refractivity contribution in [1.29, 1.82) is 0 Å². The smallest absolute Gasteiger partial charge is 0.164 e. The van der Waals surface area contributed by atoms with Crippen molar-refractivity contribution in [3.05, 3.63) is 35.9 Å². The lowest BCUT2D eigenvalue weighted by atomic mass is 10.0. The summed E-state index contributed by atoms with van der Waals surface area (Å²) in [4.78, 5) is 0. The molecule has 0 aliphatic heterocycles. The molecule has 0 saturated carbocycles. The second kappa shape index (κ2) is 8.64. The number of nitrogens with two attached hydrogens (primary N) is 1. The molecule has 0 amide bonds. The third kappa shape index (κ3) is 5.25. The number of hydrogen-bond donors (Lipinski definition) is 1. The van der Waals surface area contributed by atoms with Crippen LogP contribution < -0.4 is 15.2 Å². The van der Waals surface area contributed by atoms with Gasteiger partial charge in [-0.3, -0.25) is 0 Å². The molecule has 1 unspecified atom stereocenters. The second-order valence-electron chi connectivity index (χ2n) is 5.11. The minimum Gasteiger partial charge on any atom is -0.490 e. The van der Waals surface area contributed by atoms with E-state index in [-0.39, 0.29) is 6.04 Å². The Hall–Kier alpha value is -1.48. The lowest BCUT2D eigenvalue weighted by molar-refractivity contribution is 0.276. The van der Waals surface area contributed by atoms with Gasteiger partial charge in [-0.15, -0.1) is 6.58 Å². The van der Waals surface area contributed by atoms with E-state index >= 15 is 0 Å². The van der Waals surface area contributed by atoms with E-state index in [0.717, 1.165) is 41.9 Å². The highest BCUT2D eigenvalue weighted by molar-refractivity contribution is 5.47. The normalized spacial score (nSPS) is 12.0. The minimum atomic E-state index is 0.148. The van der Waals surface area contributed by atoms with Crippen molar-refractivity contribution in [2.75, 3.05) is 13.2 Å². The van der Waals surface area contributed by atoms with Crippen molar-refractivity contribution >= 4 is 0 Å². The van der Waals surface area contributed by atoms with Crippen molar-refractivity contribution in [2.45, 2.75) is 46.1 Å². The third-order valence-corrected chi connectivity index (χ3v) is 3.14. The van der Waals surface area contributed by atoms with Gasteiger partial charge in [-0.1, -0.05) is 24.6 Å². The molecule has 3 nitrogen and oxygen atoms in total. The van der Waals surface area contributed by atoms with Crippen LogP contribution in [0.15, 0.2) is 30.4 Å². The van der Waals surface area contributed by atoms with Gasteiger partial charge in [0.2, 0.25) is 0 Å². The molecule has 1 aromatic rings. The van der Waals surface area contributed by atoms with E-state index in [1.54, 1.807) is 0 Å². The van der Waals surface area contributed by atoms with E-state index in [9.17, 15) is 0 Å². The second-order valence-corrected chi connectivity index (χ2v) is 5.11. The van der Waals surface area contributed by atoms with Crippen LogP contribution in [0.3, 0.4) is 0 Å². The molecular weight excluding hydrogens is 250 g/mol. The average molecular weight is 277 g/mol. The first-order valence-electron chi connectivity index (χ1n) is 7.35. The molecule has 0 aliphatic carbocycles. The fourth-order valence-electron chi connectivity index (χ4n) is 1.91. The van der Waals surface area contributed by atoms with E-state index in [1.807, 2.05) is 26.0 Å². The van der Waals surface area contributed by atoms with E-state index in [2.05, 4.69) is 19.6 Å². The van der Waals surface area contributed by atoms with E-state index in [4.69, 9.17) is 15.2 Å². The Morgan fingerprint density at radius 1 is 1.30 bits per heavy atom.